The van der Waals surface area contributed by atoms with Crippen LogP contribution in [0.4, 0.5) is 5.69 Å². The lowest BCUT2D eigenvalue weighted by atomic mass is 10.2. The van der Waals surface area contributed by atoms with E-state index in [9.17, 15) is 4.79 Å². The third-order valence-corrected chi connectivity index (χ3v) is 2.41. The lowest BCUT2D eigenvalue weighted by Gasteiger charge is -2.10. The number of halogens is 1. The average molecular weight is 228 g/mol. The number of carboxylic acid groups (broad SMARTS) is 1. The number of carboxylic acids is 1. The number of carbonyl (C=O) groups is 1. The van der Waals surface area contributed by atoms with Gasteiger partial charge >= 0.3 is 5.97 Å². The highest BCUT2D eigenvalue weighted by Gasteiger charge is 2.02. The molecule has 0 aromatic heterocycles. The van der Waals surface area contributed by atoms with Crippen molar-refractivity contribution in [1.29, 1.82) is 0 Å². The summed E-state index contributed by atoms with van der Waals surface area (Å²) in [7, 11) is 0. The van der Waals surface area contributed by atoms with Gasteiger partial charge in [-0.3, -0.25) is 4.79 Å². The fourth-order valence-corrected chi connectivity index (χ4v) is 1.60. The molecule has 1 aromatic carbocycles. The Morgan fingerprint density at radius 1 is 1.53 bits per heavy atom. The van der Waals surface area contributed by atoms with Gasteiger partial charge in [0.05, 0.1) is 10.7 Å². The molecule has 0 saturated carbocycles. The van der Waals surface area contributed by atoms with Gasteiger partial charge in [0.15, 0.2) is 0 Å². The number of nitrogens with one attached hydrogen (secondary N) is 1. The van der Waals surface area contributed by atoms with Crippen molar-refractivity contribution in [2.45, 2.75) is 19.8 Å². The van der Waals surface area contributed by atoms with Crippen molar-refractivity contribution in [3.63, 3.8) is 0 Å². The van der Waals surface area contributed by atoms with Crippen LogP contribution in [-0.4, -0.2) is 17.6 Å². The molecule has 0 radical (unpaired) electrons. The predicted molar refractivity (Wildman–Crippen MR) is 61.5 cm³/mol. The van der Waals surface area contributed by atoms with Gasteiger partial charge in [-0.05, 0) is 25.0 Å². The quantitative estimate of drug-likeness (QED) is 0.761. The first-order valence-corrected chi connectivity index (χ1v) is 5.20. The van der Waals surface area contributed by atoms with Gasteiger partial charge in [-0.1, -0.05) is 23.7 Å². The second-order valence-electron chi connectivity index (χ2n) is 3.36. The summed E-state index contributed by atoms with van der Waals surface area (Å²) in [6.07, 6.45) is 0.774. The Bertz CT molecular complexity index is 332. The Balaban J connectivity index is 2.47. The number of hydrogen-bond acceptors (Lipinski definition) is 2. The van der Waals surface area contributed by atoms with Gasteiger partial charge in [0.25, 0.3) is 0 Å². The molecule has 0 unspecified atom stereocenters. The van der Waals surface area contributed by atoms with Gasteiger partial charge in [0.2, 0.25) is 0 Å². The topological polar surface area (TPSA) is 49.3 Å². The molecule has 0 spiro atoms. The van der Waals surface area contributed by atoms with E-state index < -0.39 is 5.97 Å². The number of para-hydroxylation sites is 1. The maximum Gasteiger partial charge on any atom is 0.303 e. The van der Waals surface area contributed by atoms with Gasteiger partial charge in [0, 0.05) is 13.0 Å². The van der Waals surface area contributed by atoms with Crippen molar-refractivity contribution < 1.29 is 9.90 Å². The molecule has 2 N–H and O–H groups in total. The van der Waals surface area contributed by atoms with Gasteiger partial charge in [-0.15, -0.1) is 0 Å². The SMILES string of the molecule is Cc1cccc(Cl)c1NCCCC(=O)O. The molecule has 0 saturated heterocycles. The van der Waals surface area contributed by atoms with E-state index in [0.717, 1.165) is 11.3 Å². The van der Waals surface area contributed by atoms with Crippen LogP contribution in [0.5, 0.6) is 0 Å². The maximum absolute atomic E-state index is 10.3. The Morgan fingerprint density at radius 3 is 2.87 bits per heavy atom. The lowest BCUT2D eigenvalue weighted by molar-refractivity contribution is -0.137. The molecular formula is C11H14ClNO2. The number of hydrogen-bond donors (Lipinski definition) is 2. The summed E-state index contributed by atoms with van der Waals surface area (Å²) < 4.78 is 0. The van der Waals surface area contributed by atoms with Crippen molar-refractivity contribution in [3.05, 3.63) is 28.8 Å². The maximum atomic E-state index is 10.3. The van der Waals surface area contributed by atoms with E-state index >= 15 is 0 Å². The summed E-state index contributed by atoms with van der Waals surface area (Å²) in [4.78, 5) is 10.3. The summed E-state index contributed by atoms with van der Waals surface area (Å²) in [6, 6.07) is 5.67. The van der Waals surface area contributed by atoms with Crippen molar-refractivity contribution in [2.75, 3.05) is 11.9 Å². The average Bonchev–Trinajstić information content (AvgIpc) is 2.15. The standard InChI is InChI=1S/C11H14ClNO2/c1-8-4-2-5-9(12)11(8)13-7-3-6-10(14)15/h2,4-5,13H,3,6-7H2,1H3,(H,14,15). The Kier molecular flexibility index (Phi) is 4.43. The summed E-state index contributed by atoms with van der Waals surface area (Å²) in [5, 5.41) is 12.3. The summed E-state index contributed by atoms with van der Waals surface area (Å²) in [6.45, 7) is 2.59. The molecule has 0 atom stereocenters. The van der Waals surface area contributed by atoms with Crippen molar-refractivity contribution in [3.8, 4) is 0 Å². The molecule has 3 nitrogen and oxygen atoms in total. The van der Waals surface area contributed by atoms with Crippen molar-refractivity contribution >= 4 is 23.3 Å². The van der Waals surface area contributed by atoms with E-state index in [-0.39, 0.29) is 6.42 Å². The second-order valence-corrected chi connectivity index (χ2v) is 3.76. The number of anilines is 1. The number of aliphatic carboxylic acids is 1. The van der Waals surface area contributed by atoms with Crippen LogP contribution < -0.4 is 5.32 Å². The molecule has 1 aromatic rings. The highest BCUT2D eigenvalue weighted by molar-refractivity contribution is 6.33. The molecule has 0 amide bonds. The Labute approximate surface area is 94.1 Å². The molecule has 0 aliphatic heterocycles. The van der Waals surface area contributed by atoms with E-state index in [0.29, 0.717) is 18.0 Å². The summed E-state index contributed by atoms with van der Waals surface area (Å²) >= 11 is 5.99. The predicted octanol–water partition coefficient (Wildman–Crippen LogP) is 2.93. The molecule has 0 heterocycles. The zero-order valence-electron chi connectivity index (χ0n) is 8.59. The first kappa shape index (κ1) is 11.9. The minimum absolute atomic E-state index is 0.177. The van der Waals surface area contributed by atoms with Crippen LogP contribution >= 0.6 is 11.6 Å². The van der Waals surface area contributed by atoms with Crippen LogP contribution in [0.15, 0.2) is 18.2 Å². The normalized spacial score (nSPS) is 10.0. The molecule has 4 heteroatoms. The van der Waals surface area contributed by atoms with Gasteiger partial charge in [0.1, 0.15) is 0 Å². The van der Waals surface area contributed by atoms with E-state index in [1.165, 1.54) is 0 Å². The zero-order valence-corrected chi connectivity index (χ0v) is 9.34. The number of rotatable bonds is 5. The third-order valence-electron chi connectivity index (χ3n) is 2.09. The first-order chi connectivity index (χ1) is 7.11. The fourth-order valence-electron chi connectivity index (χ4n) is 1.31. The minimum Gasteiger partial charge on any atom is -0.481 e. The van der Waals surface area contributed by atoms with E-state index in [1.807, 2.05) is 25.1 Å². The monoisotopic (exact) mass is 227 g/mol. The van der Waals surface area contributed by atoms with Crippen LogP contribution in [0, 0.1) is 6.92 Å². The van der Waals surface area contributed by atoms with Gasteiger partial charge < -0.3 is 10.4 Å². The van der Waals surface area contributed by atoms with E-state index in [1.54, 1.807) is 0 Å². The van der Waals surface area contributed by atoms with Crippen LogP contribution in [0.2, 0.25) is 5.02 Å². The summed E-state index contributed by atoms with van der Waals surface area (Å²) in [5.41, 5.74) is 1.96. The Hall–Kier alpha value is -1.22. The largest absolute Gasteiger partial charge is 0.481 e. The Morgan fingerprint density at radius 2 is 2.27 bits per heavy atom. The zero-order chi connectivity index (χ0) is 11.3. The highest BCUT2D eigenvalue weighted by Crippen LogP contribution is 2.24. The molecule has 0 fully saturated rings. The molecule has 1 rings (SSSR count). The first-order valence-electron chi connectivity index (χ1n) is 4.82. The molecule has 0 aliphatic carbocycles. The number of benzene rings is 1. The molecule has 15 heavy (non-hydrogen) atoms. The van der Waals surface area contributed by atoms with Crippen LogP contribution in [0.1, 0.15) is 18.4 Å². The fraction of sp³-hybridized carbons (Fsp3) is 0.364. The smallest absolute Gasteiger partial charge is 0.303 e. The van der Waals surface area contributed by atoms with Gasteiger partial charge in [-0.2, -0.15) is 0 Å². The van der Waals surface area contributed by atoms with Crippen molar-refractivity contribution in [1.82, 2.24) is 0 Å². The van der Waals surface area contributed by atoms with Gasteiger partial charge in [-0.25, -0.2) is 0 Å². The van der Waals surface area contributed by atoms with Crippen molar-refractivity contribution in [2.24, 2.45) is 0 Å². The highest BCUT2D eigenvalue weighted by atomic mass is 35.5. The van der Waals surface area contributed by atoms with E-state index in [2.05, 4.69) is 5.32 Å². The molecular weight excluding hydrogens is 214 g/mol. The molecule has 82 valence electrons. The second kappa shape index (κ2) is 5.61. The van der Waals surface area contributed by atoms with Crippen LogP contribution in [-0.2, 0) is 4.79 Å². The third kappa shape index (κ3) is 3.80. The molecule has 0 bridgehead atoms. The van der Waals surface area contributed by atoms with Crippen LogP contribution in [0.25, 0.3) is 0 Å². The summed E-state index contributed by atoms with van der Waals surface area (Å²) in [5.74, 6) is -0.771. The minimum atomic E-state index is -0.771. The lowest BCUT2D eigenvalue weighted by Crippen LogP contribution is -2.06. The molecule has 0 aliphatic rings. The number of aryl methyl sites for hydroxylation is 1. The van der Waals surface area contributed by atoms with Crippen LogP contribution in [0.3, 0.4) is 0 Å². The van der Waals surface area contributed by atoms with E-state index in [4.69, 9.17) is 16.7 Å².